The standard InChI is InChI=1S/C11H15N3O/c1-13(2)7-8-5-4-6-9-10(8)12-14(3)11(9)15/h4-6,12H,7H2,1-3H3. The normalized spacial score (nSPS) is 11.5. The molecule has 0 bridgehead atoms. The van der Waals surface area contributed by atoms with Crippen molar-refractivity contribution in [1.29, 1.82) is 0 Å². The van der Waals surface area contributed by atoms with E-state index in [9.17, 15) is 4.79 Å². The lowest BCUT2D eigenvalue weighted by Crippen LogP contribution is -2.11. The van der Waals surface area contributed by atoms with E-state index in [0.29, 0.717) is 0 Å². The van der Waals surface area contributed by atoms with Crippen LogP contribution in [0.2, 0.25) is 0 Å². The number of para-hydroxylation sites is 1. The second kappa shape index (κ2) is 3.55. The van der Waals surface area contributed by atoms with E-state index >= 15 is 0 Å². The van der Waals surface area contributed by atoms with E-state index in [0.717, 1.165) is 23.0 Å². The SMILES string of the molecule is CN(C)Cc1cccc2c(=O)n(C)[nH]c12. The molecule has 0 atom stereocenters. The Labute approximate surface area is 88.1 Å². The highest BCUT2D eigenvalue weighted by atomic mass is 16.1. The lowest BCUT2D eigenvalue weighted by Gasteiger charge is -2.09. The molecular formula is C11H15N3O. The fourth-order valence-electron chi connectivity index (χ4n) is 1.78. The van der Waals surface area contributed by atoms with Gasteiger partial charge in [-0.05, 0) is 25.7 Å². The Hall–Kier alpha value is -1.55. The first-order chi connectivity index (χ1) is 7.09. The van der Waals surface area contributed by atoms with Crippen molar-refractivity contribution in [2.24, 2.45) is 7.05 Å². The first kappa shape index (κ1) is 9.98. The van der Waals surface area contributed by atoms with Gasteiger partial charge < -0.3 is 4.90 Å². The van der Waals surface area contributed by atoms with E-state index in [4.69, 9.17) is 0 Å². The molecule has 0 radical (unpaired) electrons. The second-order valence-corrected chi connectivity index (χ2v) is 4.05. The van der Waals surface area contributed by atoms with Crippen molar-refractivity contribution in [3.05, 3.63) is 34.1 Å². The second-order valence-electron chi connectivity index (χ2n) is 4.05. The Morgan fingerprint density at radius 2 is 2.13 bits per heavy atom. The number of H-pyrrole nitrogens is 1. The van der Waals surface area contributed by atoms with Crippen LogP contribution >= 0.6 is 0 Å². The van der Waals surface area contributed by atoms with Crippen molar-refractivity contribution < 1.29 is 0 Å². The Balaban J connectivity index is 2.66. The maximum absolute atomic E-state index is 11.7. The van der Waals surface area contributed by atoms with E-state index < -0.39 is 0 Å². The Morgan fingerprint density at radius 1 is 1.40 bits per heavy atom. The molecule has 80 valence electrons. The third-order valence-corrected chi connectivity index (χ3v) is 2.45. The van der Waals surface area contributed by atoms with Crippen molar-refractivity contribution in [2.45, 2.75) is 6.54 Å². The van der Waals surface area contributed by atoms with E-state index in [1.807, 2.05) is 32.3 Å². The van der Waals surface area contributed by atoms with Gasteiger partial charge in [0.25, 0.3) is 5.56 Å². The summed E-state index contributed by atoms with van der Waals surface area (Å²) in [5.41, 5.74) is 2.12. The summed E-state index contributed by atoms with van der Waals surface area (Å²) >= 11 is 0. The molecular weight excluding hydrogens is 190 g/mol. The van der Waals surface area contributed by atoms with Crippen molar-refractivity contribution in [2.75, 3.05) is 14.1 Å². The summed E-state index contributed by atoms with van der Waals surface area (Å²) in [5, 5.41) is 3.84. The average molecular weight is 205 g/mol. The van der Waals surface area contributed by atoms with Gasteiger partial charge in [0.15, 0.2) is 0 Å². The number of nitrogens with one attached hydrogen (secondary N) is 1. The monoisotopic (exact) mass is 205 g/mol. The molecule has 0 fully saturated rings. The van der Waals surface area contributed by atoms with Crippen LogP contribution in [-0.4, -0.2) is 28.8 Å². The summed E-state index contributed by atoms with van der Waals surface area (Å²) in [6, 6.07) is 5.82. The molecule has 0 aliphatic carbocycles. The fraction of sp³-hybridized carbons (Fsp3) is 0.364. The molecule has 0 saturated carbocycles. The average Bonchev–Trinajstić information content (AvgIpc) is 2.45. The summed E-state index contributed by atoms with van der Waals surface area (Å²) in [6.07, 6.45) is 0. The predicted molar refractivity (Wildman–Crippen MR) is 60.9 cm³/mol. The van der Waals surface area contributed by atoms with Crippen LogP contribution < -0.4 is 5.56 Å². The van der Waals surface area contributed by atoms with Gasteiger partial charge in [0.1, 0.15) is 0 Å². The molecule has 0 unspecified atom stereocenters. The Kier molecular flexibility index (Phi) is 2.36. The minimum absolute atomic E-state index is 0.0330. The van der Waals surface area contributed by atoms with Gasteiger partial charge in [-0.25, -0.2) is 0 Å². The van der Waals surface area contributed by atoms with E-state index in [2.05, 4.69) is 10.00 Å². The van der Waals surface area contributed by atoms with Gasteiger partial charge >= 0.3 is 0 Å². The van der Waals surface area contributed by atoms with Crippen LogP contribution in [0.15, 0.2) is 23.0 Å². The maximum Gasteiger partial charge on any atom is 0.274 e. The van der Waals surface area contributed by atoms with E-state index in [1.54, 1.807) is 7.05 Å². The summed E-state index contributed by atoms with van der Waals surface area (Å²) in [4.78, 5) is 13.8. The number of nitrogens with zero attached hydrogens (tertiary/aromatic N) is 2. The topological polar surface area (TPSA) is 41.0 Å². The third-order valence-electron chi connectivity index (χ3n) is 2.45. The molecule has 4 heteroatoms. The summed E-state index contributed by atoms with van der Waals surface area (Å²) < 4.78 is 1.52. The van der Waals surface area contributed by atoms with Gasteiger partial charge in [-0.1, -0.05) is 12.1 Å². The Morgan fingerprint density at radius 3 is 2.80 bits per heavy atom. The summed E-state index contributed by atoms with van der Waals surface area (Å²) in [7, 11) is 5.77. The first-order valence-corrected chi connectivity index (χ1v) is 4.91. The van der Waals surface area contributed by atoms with Crippen molar-refractivity contribution in [3.63, 3.8) is 0 Å². The lowest BCUT2D eigenvalue weighted by atomic mass is 10.1. The number of fused-ring (bicyclic) bond motifs is 1. The highest BCUT2D eigenvalue weighted by Crippen LogP contribution is 2.14. The largest absolute Gasteiger partial charge is 0.305 e. The molecule has 1 heterocycles. The molecule has 0 saturated heterocycles. The number of aromatic nitrogens is 2. The number of rotatable bonds is 2. The van der Waals surface area contributed by atoms with E-state index in [-0.39, 0.29) is 5.56 Å². The van der Waals surface area contributed by atoms with Crippen molar-refractivity contribution >= 4 is 10.9 Å². The summed E-state index contributed by atoms with van der Waals surface area (Å²) in [5.74, 6) is 0. The molecule has 1 aromatic carbocycles. The van der Waals surface area contributed by atoms with Crippen LogP contribution in [0, 0.1) is 0 Å². The first-order valence-electron chi connectivity index (χ1n) is 4.91. The Bertz CT molecular complexity index is 536. The third kappa shape index (κ3) is 1.68. The number of benzene rings is 1. The quantitative estimate of drug-likeness (QED) is 0.792. The zero-order valence-electron chi connectivity index (χ0n) is 9.24. The van der Waals surface area contributed by atoms with Crippen LogP contribution in [0.25, 0.3) is 10.9 Å². The molecule has 0 aliphatic rings. The van der Waals surface area contributed by atoms with Crippen LogP contribution in [0.4, 0.5) is 0 Å². The molecule has 1 N–H and O–H groups in total. The number of hydrogen-bond donors (Lipinski definition) is 1. The molecule has 2 aromatic rings. The smallest absolute Gasteiger partial charge is 0.274 e. The molecule has 0 amide bonds. The van der Waals surface area contributed by atoms with Crippen LogP contribution in [0.5, 0.6) is 0 Å². The number of hydrogen-bond acceptors (Lipinski definition) is 2. The minimum Gasteiger partial charge on any atom is -0.305 e. The van der Waals surface area contributed by atoms with Crippen molar-refractivity contribution in [3.8, 4) is 0 Å². The van der Waals surface area contributed by atoms with Crippen molar-refractivity contribution in [1.82, 2.24) is 14.7 Å². The molecule has 4 nitrogen and oxygen atoms in total. The predicted octanol–water partition coefficient (Wildman–Crippen LogP) is 0.928. The lowest BCUT2D eigenvalue weighted by molar-refractivity contribution is 0.404. The van der Waals surface area contributed by atoms with Gasteiger partial charge in [0.2, 0.25) is 0 Å². The molecule has 15 heavy (non-hydrogen) atoms. The minimum atomic E-state index is 0.0330. The van der Waals surface area contributed by atoms with Crippen LogP contribution in [0.1, 0.15) is 5.56 Å². The summed E-state index contributed by atoms with van der Waals surface area (Å²) in [6.45, 7) is 0.831. The van der Waals surface area contributed by atoms with Gasteiger partial charge in [0, 0.05) is 13.6 Å². The van der Waals surface area contributed by atoms with Gasteiger partial charge in [-0.3, -0.25) is 14.6 Å². The maximum atomic E-state index is 11.7. The molecule has 1 aromatic heterocycles. The van der Waals surface area contributed by atoms with Crippen LogP contribution in [0.3, 0.4) is 0 Å². The zero-order valence-corrected chi connectivity index (χ0v) is 9.24. The van der Waals surface area contributed by atoms with E-state index in [1.165, 1.54) is 4.68 Å². The van der Waals surface area contributed by atoms with Crippen LogP contribution in [-0.2, 0) is 13.6 Å². The molecule has 2 rings (SSSR count). The fourth-order valence-corrected chi connectivity index (χ4v) is 1.78. The number of aromatic amines is 1. The molecule has 0 spiro atoms. The van der Waals surface area contributed by atoms with Gasteiger partial charge in [-0.15, -0.1) is 0 Å². The highest BCUT2D eigenvalue weighted by molar-refractivity contribution is 5.81. The highest BCUT2D eigenvalue weighted by Gasteiger charge is 2.07. The van der Waals surface area contributed by atoms with Gasteiger partial charge in [-0.2, -0.15) is 0 Å². The van der Waals surface area contributed by atoms with Gasteiger partial charge in [0.05, 0.1) is 10.9 Å². The zero-order chi connectivity index (χ0) is 11.0. The number of aryl methyl sites for hydroxylation is 1. The molecule has 0 aliphatic heterocycles.